The maximum Gasteiger partial charge on any atom is 0.136 e. The summed E-state index contributed by atoms with van der Waals surface area (Å²) < 4.78 is 0. The van der Waals surface area contributed by atoms with E-state index in [0.717, 1.165) is 17.2 Å². The summed E-state index contributed by atoms with van der Waals surface area (Å²) in [5.74, 6) is 2.80. The molecule has 1 aliphatic carbocycles. The number of rotatable bonds is 4. The Balaban J connectivity index is 1.79. The van der Waals surface area contributed by atoms with Gasteiger partial charge in [-0.3, -0.25) is 4.98 Å². The SMILES string of the molecule is Cc1c(N)nc(C2CC2)nc1NCc1ccncc1. The average molecular weight is 255 g/mol. The van der Waals surface area contributed by atoms with Gasteiger partial charge in [-0.05, 0) is 37.5 Å². The number of hydrogen-bond donors (Lipinski definition) is 2. The maximum atomic E-state index is 5.95. The number of anilines is 2. The highest BCUT2D eigenvalue weighted by Crippen LogP contribution is 2.39. The Morgan fingerprint density at radius 3 is 2.68 bits per heavy atom. The van der Waals surface area contributed by atoms with Gasteiger partial charge in [0, 0.05) is 30.4 Å². The Morgan fingerprint density at radius 1 is 1.26 bits per heavy atom. The number of nitrogens with two attached hydrogens (primary N) is 1. The standard InChI is InChI=1S/C14H17N5/c1-9-12(15)18-14(11-2-3-11)19-13(9)17-8-10-4-6-16-7-5-10/h4-7,11H,2-3,8H2,1H3,(H3,15,17,18,19). The van der Waals surface area contributed by atoms with Crippen LogP contribution in [0.25, 0.3) is 0 Å². The van der Waals surface area contributed by atoms with Gasteiger partial charge in [-0.15, -0.1) is 0 Å². The summed E-state index contributed by atoms with van der Waals surface area (Å²) in [7, 11) is 0. The zero-order chi connectivity index (χ0) is 13.2. The second-order valence-electron chi connectivity index (χ2n) is 4.92. The summed E-state index contributed by atoms with van der Waals surface area (Å²) in [4.78, 5) is 13.0. The third kappa shape index (κ3) is 2.65. The lowest BCUT2D eigenvalue weighted by atomic mass is 10.2. The van der Waals surface area contributed by atoms with Crippen LogP contribution in [0.4, 0.5) is 11.6 Å². The van der Waals surface area contributed by atoms with Crippen molar-refractivity contribution in [3.8, 4) is 0 Å². The predicted molar refractivity (Wildman–Crippen MR) is 74.7 cm³/mol. The molecular formula is C14H17N5. The van der Waals surface area contributed by atoms with Gasteiger partial charge in [0.2, 0.25) is 0 Å². The fourth-order valence-electron chi connectivity index (χ4n) is 1.93. The summed E-state index contributed by atoms with van der Waals surface area (Å²) >= 11 is 0. The van der Waals surface area contributed by atoms with Gasteiger partial charge in [0.25, 0.3) is 0 Å². The van der Waals surface area contributed by atoms with Crippen LogP contribution >= 0.6 is 0 Å². The number of aromatic nitrogens is 3. The van der Waals surface area contributed by atoms with E-state index >= 15 is 0 Å². The van der Waals surface area contributed by atoms with Crippen molar-refractivity contribution in [2.75, 3.05) is 11.1 Å². The molecule has 1 fully saturated rings. The molecule has 0 spiro atoms. The molecule has 19 heavy (non-hydrogen) atoms. The normalized spacial score (nSPS) is 14.4. The molecule has 0 atom stereocenters. The number of hydrogen-bond acceptors (Lipinski definition) is 5. The van der Waals surface area contributed by atoms with Crippen LogP contribution in [0.15, 0.2) is 24.5 Å². The Kier molecular flexibility index (Phi) is 3.03. The maximum absolute atomic E-state index is 5.95. The van der Waals surface area contributed by atoms with Crippen LogP contribution in [-0.4, -0.2) is 15.0 Å². The van der Waals surface area contributed by atoms with Gasteiger partial charge < -0.3 is 11.1 Å². The first-order chi connectivity index (χ1) is 9.24. The fourth-order valence-corrected chi connectivity index (χ4v) is 1.93. The van der Waals surface area contributed by atoms with E-state index in [1.165, 1.54) is 18.4 Å². The fraction of sp³-hybridized carbons (Fsp3) is 0.357. The molecule has 0 aliphatic heterocycles. The van der Waals surface area contributed by atoms with Gasteiger partial charge in [-0.1, -0.05) is 0 Å². The van der Waals surface area contributed by atoms with Crippen LogP contribution < -0.4 is 11.1 Å². The number of nitrogens with zero attached hydrogens (tertiary/aromatic N) is 3. The van der Waals surface area contributed by atoms with E-state index in [2.05, 4.69) is 20.3 Å². The van der Waals surface area contributed by atoms with Crippen LogP contribution in [0, 0.1) is 6.92 Å². The summed E-state index contributed by atoms with van der Waals surface area (Å²) in [5.41, 5.74) is 8.04. The number of pyridine rings is 1. The quantitative estimate of drug-likeness (QED) is 0.876. The van der Waals surface area contributed by atoms with Crippen LogP contribution in [-0.2, 0) is 6.54 Å². The Morgan fingerprint density at radius 2 is 2.00 bits per heavy atom. The van der Waals surface area contributed by atoms with Gasteiger partial charge >= 0.3 is 0 Å². The molecular weight excluding hydrogens is 238 g/mol. The zero-order valence-electron chi connectivity index (χ0n) is 10.9. The molecule has 3 rings (SSSR count). The highest BCUT2D eigenvalue weighted by atomic mass is 15.1. The molecule has 5 nitrogen and oxygen atoms in total. The molecule has 3 N–H and O–H groups in total. The molecule has 2 aromatic heterocycles. The van der Waals surface area contributed by atoms with Crippen molar-refractivity contribution in [1.82, 2.24) is 15.0 Å². The van der Waals surface area contributed by atoms with Crippen LogP contribution in [0.5, 0.6) is 0 Å². The van der Waals surface area contributed by atoms with Crippen molar-refractivity contribution >= 4 is 11.6 Å². The van der Waals surface area contributed by atoms with E-state index in [4.69, 9.17) is 5.73 Å². The van der Waals surface area contributed by atoms with Crippen LogP contribution in [0.1, 0.15) is 35.7 Å². The Hall–Kier alpha value is -2.17. The van der Waals surface area contributed by atoms with E-state index < -0.39 is 0 Å². The molecule has 2 aromatic rings. The predicted octanol–water partition coefficient (Wildman–Crippen LogP) is 2.25. The zero-order valence-corrected chi connectivity index (χ0v) is 10.9. The highest BCUT2D eigenvalue weighted by Gasteiger charge is 2.27. The minimum Gasteiger partial charge on any atom is -0.383 e. The molecule has 0 amide bonds. The van der Waals surface area contributed by atoms with Gasteiger partial charge in [0.05, 0.1) is 0 Å². The van der Waals surface area contributed by atoms with E-state index in [0.29, 0.717) is 18.3 Å². The largest absolute Gasteiger partial charge is 0.383 e. The summed E-state index contributed by atoms with van der Waals surface area (Å²) in [6.45, 7) is 2.66. The molecule has 0 unspecified atom stereocenters. The van der Waals surface area contributed by atoms with Gasteiger partial charge in [0.1, 0.15) is 17.5 Å². The smallest absolute Gasteiger partial charge is 0.136 e. The molecule has 0 aromatic carbocycles. The van der Waals surface area contributed by atoms with Gasteiger partial charge in [0.15, 0.2) is 0 Å². The first kappa shape index (κ1) is 11.9. The molecule has 0 saturated heterocycles. The van der Waals surface area contributed by atoms with Crippen molar-refractivity contribution in [3.05, 3.63) is 41.5 Å². The first-order valence-corrected chi connectivity index (χ1v) is 6.51. The molecule has 1 aliphatic rings. The summed E-state index contributed by atoms with van der Waals surface area (Å²) in [6, 6.07) is 3.96. The minimum absolute atomic E-state index is 0.504. The minimum atomic E-state index is 0.504. The van der Waals surface area contributed by atoms with Crippen LogP contribution in [0.3, 0.4) is 0 Å². The van der Waals surface area contributed by atoms with Crippen molar-refractivity contribution < 1.29 is 0 Å². The summed E-state index contributed by atoms with van der Waals surface area (Å²) in [5, 5.41) is 3.33. The summed E-state index contributed by atoms with van der Waals surface area (Å²) in [6.07, 6.45) is 5.92. The van der Waals surface area contributed by atoms with E-state index in [1.807, 2.05) is 19.1 Å². The van der Waals surface area contributed by atoms with Gasteiger partial charge in [-0.2, -0.15) is 0 Å². The Bertz CT molecular complexity index is 578. The Labute approximate surface area is 112 Å². The second-order valence-corrected chi connectivity index (χ2v) is 4.92. The number of nitrogen functional groups attached to an aromatic ring is 1. The van der Waals surface area contributed by atoms with Crippen molar-refractivity contribution in [2.45, 2.75) is 32.2 Å². The molecule has 0 radical (unpaired) electrons. The first-order valence-electron chi connectivity index (χ1n) is 6.51. The molecule has 1 saturated carbocycles. The van der Waals surface area contributed by atoms with E-state index in [-0.39, 0.29) is 0 Å². The van der Waals surface area contributed by atoms with E-state index in [1.54, 1.807) is 12.4 Å². The van der Waals surface area contributed by atoms with Crippen molar-refractivity contribution in [3.63, 3.8) is 0 Å². The monoisotopic (exact) mass is 255 g/mol. The lowest BCUT2D eigenvalue weighted by Crippen LogP contribution is -2.09. The van der Waals surface area contributed by atoms with Crippen molar-refractivity contribution in [1.29, 1.82) is 0 Å². The lowest BCUT2D eigenvalue weighted by molar-refractivity contribution is 0.917. The average Bonchev–Trinajstić information content (AvgIpc) is 3.26. The highest BCUT2D eigenvalue weighted by molar-refractivity contribution is 5.55. The molecule has 5 heteroatoms. The molecule has 2 heterocycles. The molecule has 98 valence electrons. The second kappa shape index (κ2) is 4.84. The van der Waals surface area contributed by atoms with E-state index in [9.17, 15) is 0 Å². The third-order valence-corrected chi connectivity index (χ3v) is 3.35. The molecule has 0 bridgehead atoms. The third-order valence-electron chi connectivity index (χ3n) is 3.35. The number of nitrogens with one attached hydrogen (secondary N) is 1. The topological polar surface area (TPSA) is 76.7 Å². The van der Waals surface area contributed by atoms with Crippen LogP contribution in [0.2, 0.25) is 0 Å². The van der Waals surface area contributed by atoms with Crippen molar-refractivity contribution in [2.24, 2.45) is 0 Å². The van der Waals surface area contributed by atoms with Gasteiger partial charge in [-0.25, -0.2) is 9.97 Å². The lowest BCUT2D eigenvalue weighted by Gasteiger charge is -2.11.